The molecule has 0 spiro atoms. The monoisotopic (exact) mass is 588 g/mol. The Morgan fingerprint density at radius 3 is 2.51 bits per heavy atom. The molecule has 7 nitrogen and oxygen atoms in total. The minimum atomic E-state index is -0.388. The van der Waals surface area contributed by atoms with Gasteiger partial charge in [0.25, 0.3) is 5.91 Å². The highest BCUT2D eigenvalue weighted by Crippen LogP contribution is 2.33. The van der Waals surface area contributed by atoms with Crippen LogP contribution in [0.4, 0.5) is 5.69 Å². The van der Waals surface area contributed by atoms with E-state index >= 15 is 0 Å². The topological polar surface area (TPSA) is 84.9 Å². The maximum absolute atomic E-state index is 13.0. The molecule has 9 heteroatoms. The Kier molecular flexibility index (Phi) is 11.1. The normalized spacial score (nSPS) is 13.9. The van der Waals surface area contributed by atoms with Crippen molar-refractivity contribution in [3.63, 3.8) is 0 Å². The number of unbranched alkanes of at least 4 members (excludes halogenated alkanes) is 2. The van der Waals surface area contributed by atoms with Crippen molar-refractivity contribution in [1.29, 1.82) is 0 Å². The molecular formula is C32H32N2O5S2. The molecule has 3 aromatic carbocycles. The third kappa shape index (κ3) is 9.03. The van der Waals surface area contributed by atoms with Crippen molar-refractivity contribution in [3.05, 3.63) is 100 Å². The molecule has 0 saturated carbocycles. The Balaban J connectivity index is 1.19. The fourth-order valence-electron chi connectivity index (χ4n) is 4.14. The second-order valence-electron chi connectivity index (χ2n) is 9.34. The van der Waals surface area contributed by atoms with Crippen LogP contribution in [0, 0.1) is 0 Å². The first kappa shape index (κ1) is 30.0. The zero-order chi connectivity index (χ0) is 29.0. The van der Waals surface area contributed by atoms with Gasteiger partial charge in [0.1, 0.15) is 16.7 Å². The van der Waals surface area contributed by atoms with Gasteiger partial charge in [0.2, 0.25) is 5.91 Å². The van der Waals surface area contributed by atoms with Crippen LogP contribution in [0.1, 0.15) is 54.1 Å². The number of esters is 1. The number of anilines is 1. The first-order chi connectivity index (χ1) is 19.9. The number of carbonyl (C=O) groups is 3. The minimum absolute atomic E-state index is 0.0976. The molecule has 1 aliphatic heterocycles. The van der Waals surface area contributed by atoms with E-state index in [4.69, 9.17) is 21.7 Å². The number of thiocarbonyl (C=S) groups is 1. The van der Waals surface area contributed by atoms with Gasteiger partial charge in [0.15, 0.2) is 0 Å². The van der Waals surface area contributed by atoms with Crippen molar-refractivity contribution in [2.24, 2.45) is 0 Å². The van der Waals surface area contributed by atoms with Crippen LogP contribution in [0.15, 0.2) is 83.8 Å². The predicted molar refractivity (Wildman–Crippen MR) is 167 cm³/mol. The highest BCUT2D eigenvalue weighted by atomic mass is 32.2. The fraction of sp³-hybridized carbons (Fsp3) is 0.250. The summed E-state index contributed by atoms with van der Waals surface area (Å²) >= 11 is 6.78. The molecule has 0 unspecified atom stereocenters. The van der Waals surface area contributed by atoms with Crippen LogP contribution in [0.25, 0.3) is 6.08 Å². The van der Waals surface area contributed by atoms with Crippen molar-refractivity contribution >= 4 is 57.8 Å². The van der Waals surface area contributed by atoms with Crippen molar-refractivity contribution in [3.8, 4) is 5.75 Å². The molecule has 1 saturated heterocycles. The molecule has 1 heterocycles. The smallest absolute Gasteiger partial charge is 0.338 e. The van der Waals surface area contributed by atoms with Crippen LogP contribution in [-0.4, -0.2) is 40.2 Å². The maximum Gasteiger partial charge on any atom is 0.338 e. The Morgan fingerprint density at radius 1 is 0.976 bits per heavy atom. The van der Waals surface area contributed by atoms with Crippen molar-refractivity contribution < 1.29 is 23.9 Å². The van der Waals surface area contributed by atoms with Gasteiger partial charge in [-0.1, -0.05) is 72.9 Å². The molecule has 1 N–H and O–H groups in total. The lowest BCUT2D eigenvalue weighted by Crippen LogP contribution is -2.29. The second kappa shape index (κ2) is 15.2. The van der Waals surface area contributed by atoms with Crippen LogP contribution < -0.4 is 10.1 Å². The van der Waals surface area contributed by atoms with Gasteiger partial charge in [-0.25, -0.2) is 4.79 Å². The number of amides is 2. The first-order valence-electron chi connectivity index (χ1n) is 13.5. The number of hydrogen-bond donors (Lipinski definition) is 1. The van der Waals surface area contributed by atoms with Gasteiger partial charge in [-0.3, -0.25) is 14.5 Å². The van der Waals surface area contributed by atoms with Gasteiger partial charge in [-0.2, -0.15) is 0 Å². The number of hydrogen-bond acceptors (Lipinski definition) is 7. The molecule has 1 fully saturated rings. The van der Waals surface area contributed by atoms with Gasteiger partial charge in [-0.15, -0.1) is 0 Å². The standard InChI is InChI=1S/C32H32N2O5S2/c1-2-38-31(37)25-15-17-26(18-16-25)33-29(35)14-7-4-8-19-34-30(36)28(41-32(34)40)21-24-12-9-13-27(20-24)39-22-23-10-5-3-6-11-23/h3,5-6,9-13,15-18,20-21H,2,4,7-8,14,19,22H2,1H3,(H,33,35)/b28-21-. The number of benzene rings is 3. The van der Waals surface area contributed by atoms with Crippen LogP contribution >= 0.6 is 24.0 Å². The second-order valence-corrected chi connectivity index (χ2v) is 11.0. The predicted octanol–water partition coefficient (Wildman–Crippen LogP) is 6.84. The molecule has 0 aromatic heterocycles. The summed E-state index contributed by atoms with van der Waals surface area (Å²) in [5, 5.41) is 2.84. The van der Waals surface area contributed by atoms with E-state index in [1.54, 1.807) is 36.1 Å². The Hall–Kier alpha value is -3.95. The van der Waals surface area contributed by atoms with Gasteiger partial charge >= 0.3 is 5.97 Å². The molecule has 0 bridgehead atoms. The molecule has 1 aliphatic rings. The van der Waals surface area contributed by atoms with Crippen molar-refractivity contribution in [2.45, 2.75) is 39.2 Å². The minimum Gasteiger partial charge on any atom is -0.489 e. The summed E-state index contributed by atoms with van der Waals surface area (Å²) in [5.74, 6) is 0.147. The summed E-state index contributed by atoms with van der Waals surface area (Å²) < 4.78 is 11.4. The summed E-state index contributed by atoms with van der Waals surface area (Å²) in [5.41, 5.74) is 3.02. The molecule has 0 aliphatic carbocycles. The highest BCUT2D eigenvalue weighted by molar-refractivity contribution is 8.26. The Labute approximate surface area is 249 Å². The Bertz CT molecular complexity index is 1410. The zero-order valence-corrected chi connectivity index (χ0v) is 24.5. The molecular weight excluding hydrogens is 556 g/mol. The van der Waals surface area contributed by atoms with Crippen molar-refractivity contribution in [2.75, 3.05) is 18.5 Å². The number of thioether (sulfide) groups is 1. The molecule has 4 rings (SSSR count). The van der Waals surface area contributed by atoms with E-state index in [1.165, 1.54) is 11.8 Å². The van der Waals surface area contributed by atoms with Gasteiger partial charge in [-0.05, 0) is 73.4 Å². The molecule has 3 aromatic rings. The van der Waals surface area contributed by atoms with E-state index in [0.717, 1.165) is 29.7 Å². The average molecular weight is 589 g/mol. The molecule has 41 heavy (non-hydrogen) atoms. The zero-order valence-electron chi connectivity index (χ0n) is 22.8. The van der Waals surface area contributed by atoms with E-state index < -0.39 is 0 Å². The summed E-state index contributed by atoms with van der Waals surface area (Å²) in [4.78, 5) is 39.3. The lowest BCUT2D eigenvalue weighted by Gasteiger charge is -2.14. The van der Waals surface area contributed by atoms with Gasteiger partial charge < -0.3 is 14.8 Å². The van der Waals surface area contributed by atoms with Gasteiger partial charge in [0, 0.05) is 18.7 Å². The average Bonchev–Trinajstić information content (AvgIpc) is 3.24. The van der Waals surface area contributed by atoms with Crippen molar-refractivity contribution in [1.82, 2.24) is 4.90 Å². The lowest BCUT2D eigenvalue weighted by molar-refractivity contribution is -0.122. The Morgan fingerprint density at radius 2 is 1.76 bits per heavy atom. The van der Waals surface area contributed by atoms with Crippen LogP contribution in [0.2, 0.25) is 0 Å². The molecule has 0 atom stereocenters. The van der Waals surface area contributed by atoms with E-state index in [2.05, 4.69) is 5.32 Å². The quantitative estimate of drug-likeness (QED) is 0.101. The first-order valence-corrected chi connectivity index (χ1v) is 14.7. The van der Waals surface area contributed by atoms with Crippen LogP contribution in [0.3, 0.4) is 0 Å². The number of rotatable bonds is 13. The molecule has 212 valence electrons. The summed E-state index contributed by atoms with van der Waals surface area (Å²) in [6.07, 6.45) is 4.42. The third-order valence-corrected chi connectivity index (χ3v) is 7.62. The number of carbonyl (C=O) groups excluding carboxylic acids is 3. The van der Waals surface area contributed by atoms with E-state index in [1.807, 2.05) is 60.7 Å². The van der Waals surface area contributed by atoms with E-state index in [9.17, 15) is 14.4 Å². The summed E-state index contributed by atoms with van der Waals surface area (Å²) in [7, 11) is 0. The maximum atomic E-state index is 13.0. The van der Waals surface area contributed by atoms with Gasteiger partial charge in [0.05, 0.1) is 17.1 Å². The van der Waals surface area contributed by atoms with Crippen LogP contribution in [-0.2, 0) is 20.9 Å². The molecule has 0 radical (unpaired) electrons. The van der Waals surface area contributed by atoms with E-state index in [0.29, 0.717) is 53.1 Å². The van der Waals surface area contributed by atoms with Crippen LogP contribution in [0.5, 0.6) is 5.75 Å². The number of nitrogens with one attached hydrogen (secondary N) is 1. The summed E-state index contributed by atoms with van der Waals surface area (Å²) in [6, 6.07) is 24.2. The fourth-order valence-corrected chi connectivity index (χ4v) is 5.45. The SMILES string of the molecule is CCOC(=O)c1ccc(NC(=O)CCCCCN2C(=O)/C(=C/c3cccc(OCc4ccccc4)c3)SC2=S)cc1. The third-order valence-electron chi connectivity index (χ3n) is 6.24. The highest BCUT2D eigenvalue weighted by Gasteiger charge is 2.31. The largest absolute Gasteiger partial charge is 0.489 e. The lowest BCUT2D eigenvalue weighted by atomic mass is 10.1. The number of nitrogens with zero attached hydrogens (tertiary/aromatic N) is 1. The number of ether oxygens (including phenoxy) is 2. The molecule has 2 amide bonds. The summed E-state index contributed by atoms with van der Waals surface area (Å²) in [6.45, 7) is 3.05. The van der Waals surface area contributed by atoms with E-state index in [-0.39, 0.29) is 17.8 Å².